The highest BCUT2D eigenvalue weighted by Gasteiger charge is 2.12. The maximum Gasteiger partial charge on any atom is 0.190 e. The van der Waals surface area contributed by atoms with E-state index in [1.54, 1.807) is 0 Å². The topological polar surface area (TPSA) is 9.23 Å². The van der Waals surface area contributed by atoms with E-state index in [1.807, 2.05) is 6.92 Å². The smallest absolute Gasteiger partial charge is 0.190 e. The van der Waals surface area contributed by atoms with E-state index in [1.165, 1.54) is 0 Å². The predicted octanol–water partition coefficient (Wildman–Crippen LogP) is 3.28. The molecule has 0 aliphatic rings. The van der Waals surface area contributed by atoms with Crippen LogP contribution in [-0.2, 0) is 0 Å². The highest BCUT2D eigenvalue weighted by molar-refractivity contribution is 5.26. The van der Waals surface area contributed by atoms with E-state index in [0.717, 1.165) is 6.42 Å². The molecule has 14 heavy (non-hydrogen) atoms. The zero-order valence-electron chi connectivity index (χ0n) is 7.82. The highest BCUT2D eigenvalue weighted by Crippen LogP contribution is 2.22. The average molecular weight is 204 g/mol. The minimum Gasteiger partial charge on any atom is -0.488 e. The Morgan fingerprint density at radius 1 is 1.14 bits per heavy atom. The van der Waals surface area contributed by atoms with Crippen LogP contribution in [0.25, 0.3) is 0 Å². The number of ether oxygens (including phenoxy) is 1. The number of rotatable bonds is 4. The second-order valence-corrected chi connectivity index (χ2v) is 2.90. The van der Waals surface area contributed by atoms with Crippen molar-refractivity contribution in [3.05, 3.63) is 29.6 Å². The SMILES string of the molecule is CCCCOc1c(F)cc(F)cc1F. The summed E-state index contributed by atoms with van der Waals surface area (Å²) in [6.45, 7) is 2.16. The summed E-state index contributed by atoms with van der Waals surface area (Å²) in [7, 11) is 0. The maximum atomic E-state index is 12.9. The quantitative estimate of drug-likeness (QED) is 0.684. The van der Waals surface area contributed by atoms with Crippen molar-refractivity contribution >= 4 is 0 Å². The molecule has 0 aliphatic heterocycles. The zero-order chi connectivity index (χ0) is 10.6. The third kappa shape index (κ3) is 2.65. The number of benzene rings is 1. The first-order chi connectivity index (χ1) is 6.65. The molecule has 1 aromatic rings. The van der Waals surface area contributed by atoms with Gasteiger partial charge in [0, 0.05) is 12.1 Å². The van der Waals surface area contributed by atoms with Gasteiger partial charge in [-0.2, -0.15) is 0 Å². The molecule has 1 aromatic carbocycles. The van der Waals surface area contributed by atoms with Crippen molar-refractivity contribution in [2.75, 3.05) is 6.61 Å². The maximum absolute atomic E-state index is 12.9. The lowest BCUT2D eigenvalue weighted by Gasteiger charge is -2.07. The zero-order valence-corrected chi connectivity index (χ0v) is 7.82. The summed E-state index contributed by atoms with van der Waals surface area (Å²) >= 11 is 0. The molecule has 0 saturated carbocycles. The Kier molecular flexibility index (Phi) is 3.80. The molecular weight excluding hydrogens is 193 g/mol. The molecule has 0 amide bonds. The van der Waals surface area contributed by atoms with Crippen molar-refractivity contribution in [1.29, 1.82) is 0 Å². The molecule has 0 unspecified atom stereocenters. The predicted molar refractivity (Wildman–Crippen MR) is 46.7 cm³/mol. The van der Waals surface area contributed by atoms with Gasteiger partial charge in [0.15, 0.2) is 17.4 Å². The van der Waals surface area contributed by atoms with Gasteiger partial charge in [0.2, 0.25) is 0 Å². The van der Waals surface area contributed by atoms with Crippen LogP contribution in [-0.4, -0.2) is 6.61 Å². The first-order valence-electron chi connectivity index (χ1n) is 4.42. The Labute approximate surface area is 80.5 Å². The van der Waals surface area contributed by atoms with E-state index >= 15 is 0 Å². The van der Waals surface area contributed by atoms with E-state index in [4.69, 9.17) is 4.74 Å². The van der Waals surface area contributed by atoms with Crippen molar-refractivity contribution in [1.82, 2.24) is 0 Å². The molecule has 0 bridgehead atoms. The number of halogens is 3. The van der Waals surface area contributed by atoms with Gasteiger partial charge < -0.3 is 4.74 Å². The molecule has 0 heterocycles. The molecule has 0 saturated heterocycles. The van der Waals surface area contributed by atoms with Crippen LogP contribution in [0.5, 0.6) is 5.75 Å². The normalized spacial score (nSPS) is 10.3. The summed E-state index contributed by atoms with van der Waals surface area (Å²) in [6.07, 6.45) is 1.57. The summed E-state index contributed by atoms with van der Waals surface area (Å²) in [6, 6.07) is 1.20. The lowest BCUT2D eigenvalue weighted by molar-refractivity contribution is 0.277. The Morgan fingerprint density at radius 3 is 2.21 bits per heavy atom. The molecule has 0 radical (unpaired) electrons. The lowest BCUT2D eigenvalue weighted by Crippen LogP contribution is -2.01. The van der Waals surface area contributed by atoms with Crippen molar-refractivity contribution in [3.63, 3.8) is 0 Å². The minimum absolute atomic E-state index is 0.232. The summed E-state index contributed by atoms with van der Waals surface area (Å²) in [4.78, 5) is 0. The van der Waals surface area contributed by atoms with Crippen molar-refractivity contribution in [3.8, 4) is 5.75 Å². The number of unbranched alkanes of at least 4 members (excludes halogenated alkanes) is 1. The van der Waals surface area contributed by atoms with E-state index in [2.05, 4.69) is 0 Å². The molecule has 0 fully saturated rings. The molecule has 1 rings (SSSR count). The molecule has 0 atom stereocenters. The molecule has 0 aromatic heterocycles. The van der Waals surface area contributed by atoms with Crippen molar-refractivity contribution in [2.24, 2.45) is 0 Å². The summed E-state index contributed by atoms with van der Waals surface area (Å²) < 4.78 is 43.2. The summed E-state index contributed by atoms with van der Waals surface area (Å²) in [5.41, 5.74) is 0. The summed E-state index contributed by atoms with van der Waals surface area (Å²) in [5, 5.41) is 0. The molecular formula is C10H11F3O. The van der Waals surface area contributed by atoms with Gasteiger partial charge in [0.25, 0.3) is 0 Å². The van der Waals surface area contributed by atoms with Crippen LogP contribution in [0.3, 0.4) is 0 Å². The van der Waals surface area contributed by atoms with Gasteiger partial charge in [-0.05, 0) is 6.42 Å². The van der Waals surface area contributed by atoms with E-state index in [-0.39, 0.29) is 6.61 Å². The molecule has 0 N–H and O–H groups in total. The molecule has 78 valence electrons. The van der Waals surface area contributed by atoms with Crippen LogP contribution < -0.4 is 4.74 Å². The van der Waals surface area contributed by atoms with Crippen LogP contribution in [0.4, 0.5) is 13.2 Å². The van der Waals surface area contributed by atoms with Crippen LogP contribution in [0.1, 0.15) is 19.8 Å². The lowest BCUT2D eigenvalue weighted by atomic mass is 10.3. The van der Waals surface area contributed by atoms with Crippen LogP contribution in [0.2, 0.25) is 0 Å². The van der Waals surface area contributed by atoms with Gasteiger partial charge in [0.05, 0.1) is 6.61 Å². The van der Waals surface area contributed by atoms with Gasteiger partial charge in [-0.25, -0.2) is 13.2 Å². The van der Waals surface area contributed by atoms with E-state index < -0.39 is 23.2 Å². The number of hydrogen-bond donors (Lipinski definition) is 0. The van der Waals surface area contributed by atoms with E-state index in [0.29, 0.717) is 18.6 Å². The van der Waals surface area contributed by atoms with Crippen molar-refractivity contribution < 1.29 is 17.9 Å². The Balaban J connectivity index is 2.75. The first-order valence-corrected chi connectivity index (χ1v) is 4.42. The fraction of sp³-hybridized carbons (Fsp3) is 0.400. The Morgan fingerprint density at radius 2 is 1.71 bits per heavy atom. The second-order valence-electron chi connectivity index (χ2n) is 2.90. The fourth-order valence-corrected chi connectivity index (χ4v) is 0.985. The second kappa shape index (κ2) is 4.88. The van der Waals surface area contributed by atoms with E-state index in [9.17, 15) is 13.2 Å². The standard InChI is InChI=1S/C10H11F3O/c1-2-3-4-14-10-8(12)5-7(11)6-9(10)13/h5-6H,2-4H2,1H3. The van der Waals surface area contributed by atoms with Crippen LogP contribution in [0.15, 0.2) is 12.1 Å². The molecule has 0 spiro atoms. The highest BCUT2D eigenvalue weighted by atomic mass is 19.1. The first kappa shape index (κ1) is 10.9. The van der Waals surface area contributed by atoms with Gasteiger partial charge in [-0.15, -0.1) is 0 Å². The monoisotopic (exact) mass is 204 g/mol. The average Bonchev–Trinajstić information content (AvgIpc) is 2.09. The van der Waals surface area contributed by atoms with Crippen LogP contribution >= 0.6 is 0 Å². The van der Waals surface area contributed by atoms with Crippen LogP contribution in [0, 0.1) is 17.5 Å². The number of hydrogen-bond acceptors (Lipinski definition) is 1. The third-order valence-corrected chi connectivity index (χ3v) is 1.71. The van der Waals surface area contributed by atoms with Gasteiger partial charge in [0.1, 0.15) is 5.82 Å². The van der Waals surface area contributed by atoms with Gasteiger partial charge in [-0.1, -0.05) is 13.3 Å². The Bertz CT molecular complexity index is 289. The fourth-order valence-electron chi connectivity index (χ4n) is 0.985. The Hall–Kier alpha value is -1.19. The minimum atomic E-state index is -1.00. The largest absolute Gasteiger partial charge is 0.488 e. The molecule has 1 nitrogen and oxygen atoms in total. The molecule has 4 heteroatoms. The summed E-state index contributed by atoms with van der Waals surface area (Å²) in [5.74, 6) is -3.44. The van der Waals surface area contributed by atoms with Gasteiger partial charge in [-0.3, -0.25) is 0 Å². The van der Waals surface area contributed by atoms with Crippen molar-refractivity contribution in [2.45, 2.75) is 19.8 Å². The third-order valence-electron chi connectivity index (χ3n) is 1.71. The molecule has 0 aliphatic carbocycles. The van der Waals surface area contributed by atoms with Gasteiger partial charge >= 0.3 is 0 Å².